The van der Waals surface area contributed by atoms with E-state index in [4.69, 9.17) is 9.52 Å². The monoisotopic (exact) mass is 329 g/mol. The average molecular weight is 329 g/mol. The Balaban J connectivity index is 2.17. The van der Waals surface area contributed by atoms with Crippen LogP contribution in [-0.2, 0) is 11.2 Å². The molecular weight excluding hydrogens is 306 g/mol. The van der Waals surface area contributed by atoms with E-state index in [-0.39, 0.29) is 30.7 Å². The number of furan rings is 1. The molecule has 2 aromatic rings. The standard InChI is InChI=1S/C19H23NO4/c1-4-14-5-7-15(8-6-14)16-9-10-17(24-16)19(23)20(13(2)3)12-11-18(21)22/h5-10,13H,4,11-12H2,1-3H3,(H,21,22). The molecule has 1 N–H and O–H groups in total. The van der Waals surface area contributed by atoms with Gasteiger partial charge in [0, 0.05) is 18.2 Å². The number of benzene rings is 1. The maximum Gasteiger partial charge on any atom is 0.305 e. The van der Waals surface area contributed by atoms with Crippen molar-refractivity contribution in [2.24, 2.45) is 0 Å². The summed E-state index contributed by atoms with van der Waals surface area (Å²) in [4.78, 5) is 24.9. The van der Waals surface area contributed by atoms with Crippen LogP contribution in [0.25, 0.3) is 11.3 Å². The van der Waals surface area contributed by atoms with E-state index in [9.17, 15) is 9.59 Å². The van der Waals surface area contributed by atoms with Crippen molar-refractivity contribution in [1.82, 2.24) is 4.90 Å². The van der Waals surface area contributed by atoms with Gasteiger partial charge >= 0.3 is 5.97 Å². The number of aryl methyl sites for hydroxylation is 1. The van der Waals surface area contributed by atoms with Crippen LogP contribution in [0, 0.1) is 0 Å². The summed E-state index contributed by atoms with van der Waals surface area (Å²) in [7, 11) is 0. The molecule has 0 unspecified atom stereocenters. The molecule has 0 aliphatic rings. The topological polar surface area (TPSA) is 70.8 Å². The van der Waals surface area contributed by atoms with Crippen LogP contribution >= 0.6 is 0 Å². The maximum atomic E-state index is 12.6. The third-order valence-electron chi connectivity index (χ3n) is 3.91. The van der Waals surface area contributed by atoms with E-state index >= 15 is 0 Å². The third-order valence-corrected chi connectivity index (χ3v) is 3.91. The van der Waals surface area contributed by atoms with Gasteiger partial charge in [0.2, 0.25) is 0 Å². The van der Waals surface area contributed by atoms with Crippen molar-refractivity contribution in [3.05, 3.63) is 47.7 Å². The lowest BCUT2D eigenvalue weighted by atomic mass is 10.1. The Kier molecular flexibility index (Phi) is 5.79. The molecule has 0 aliphatic heterocycles. The lowest BCUT2D eigenvalue weighted by Gasteiger charge is -2.25. The molecule has 0 aliphatic carbocycles. The zero-order valence-corrected chi connectivity index (χ0v) is 14.3. The van der Waals surface area contributed by atoms with Crippen molar-refractivity contribution < 1.29 is 19.1 Å². The first-order chi connectivity index (χ1) is 11.4. The van der Waals surface area contributed by atoms with Gasteiger partial charge in [0.05, 0.1) is 6.42 Å². The summed E-state index contributed by atoms with van der Waals surface area (Å²) in [5, 5.41) is 8.83. The summed E-state index contributed by atoms with van der Waals surface area (Å²) in [6, 6.07) is 11.3. The van der Waals surface area contributed by atoms with E-state index in [1.54, 1.807) is 12.1 Å². The second-order valence-electron chi connectivity index (χ2n) is 5.95. The Labute approximate surface area is 141 Å². The molecule has 24 heavy (non-hydrogen) atoms. The minimum atomic E-state index is -0.926. The number of aliphatic carboxylic acids is 1. The van der Waals surface area contributed by atoms with Gasteiger partial charge in [-0.05, 0) is 38.0 Å². The van der Waals surface area contributed by atoms with Gasteiger partial charge in [-0.15, -0.1) is 0 Å². The zero-order chi connectivity index (χ0) is 17.7. The minimum absolute atomic E-state index is 0.0873. The molecule has 0 atom stereocenters. The molecule has 0 radical (unpaired) electrons. The molecule has 5 heteroatoms. The van der Waals surface area contributed by atoms with Crippen LogP contribution in [0.3, 0.4) is 0 Å². The van der Waals surface area contributed by atoms with E-state index in [1.807, 2.05) is 38.1 Å². The second-order valence-corrected chi connectivity index (χ2v) is 5.95. The van der Waals surface area contributed by atoms with E-state index in [2.05, 4.69) is 6.92 Å². The fourth-order valence-corrected chi connectivity index (χ4v) is 2.46. The van der Waals surface area contributed by atoms with Gasteiger partial charge in [-0.25, -0.2) is 0 Å². The Morgan fingerprint density at radius 3 is 2.33 bits per heavy atom. The number of nitrogens with zero attached hydrogens (tertiary/aromatic N) is 1. The highest BCUT2D eigenvalue weighted by Crippen LogP contribution is 2.24. The Hall–Kier alpha value is -2.56. The fourth-order valence-electron chi connectivity index (χ4n) is 2.46. The molecule has 128 valence electrons. The minimum Gasteiger partial charge on any atom is -0.481 e. The van der Waals surface area contributed by atoms with Crippen molar-refractivity contribution in [1.29, 1.82) is 0 Å². The maximum absolute atomic E-state index is 12.6. The van der Waals surface area contributed by atoms with E-state index in [1.165, 1.54) is 10.5 Å². The molecular formula is C19H23NO4. The molecule has 1 amide bonds. The molecule has 2 rings (SSSR count). The number of carboxylic acid groups (broad SMARTS) is 1. The highest BCUT2D eigenvalue weighted by atomic mass is 16.4. The van der Waals surface area contributed by atoms with Gasteiger partial charge in [-0.3, -0.25) is 9.59 Å². The van der Waals surface area contributed by atoms with Crippen molar-refractivity contribution in [2.75, 3.05) is 6.54 Å². The third kappa shape index (κ3) is 4.25. The van der Waals surface area contributed by atoms with Crippen LogP contribution in [0.4, 0.5) is 0 Å². The largest absolute Gasteiger partial charge is 0.481 e. The lowest BCUT2D eigenvalue weighted by molar-refractivity contribution is -0.137. The van der Waals surface area contributed by atoms with Crippen molar-refractivity contribution in [3.8, 4) is 11.3 Å². The summed E-state index contributed by atoms with van der Waals surface area (Å²) in [6.45, 7) is 5.96. The predicted molar refractivity (Wildman–Crippen MR) is 91.9 cm³/mol. The van der Waals surface area contributed by atoms with Gasteiger partial charge in [-0.2, -0.15) is 0 Å². The van der Waals surface area contributed by atoms with E-state index in [0.29, 0.717) is 5.76 Å². The molecule has 5 nitrogen and oxygen atoms in total. The number of rotatable bonds is 7. The van der Waals surface area contributed by atoms with Crippen LogP contribution in [-0.4, -0.2) is 34.5 Å². The predicted octanol–water partition coefficient (Wildman–Crippen LogP) is 3.83. The van der Waals surface area contributed by atoms with Crippen LogP contribution in [0.2, 0.25) is 0 Å². The van der Waals surface area contributed by atoms with Gasteiger partial charge in [0.25, 0.3) is 5.91 Å². The van der Waals surface area contributed by atoms with Gasteiger partial charge in [0.1, 0.15) is 5.76 Å². The fraction of sp³-hybridized carbons (Fsp3) is 0.368. The summed E-state index contributed by atoms with van der Waals surface area (Å²) in [5.41, 5.74) is 2.15. The average Bonchev–Trinajstić information content (AvgIpc) is 3.04. The quantitative estimate of drug-likeness (QED) is 0.838. The molecule has 0 bridgehead atoms. The zero-order valence-electron chi connectivity index (χ0n) is 14.3. The first-order valence-electron chi connectivity index (χ1n) is 8.14. The number of hydrogen-bond donors (Lipinski definition) is 1. The SMILES string of the molecule is CCc1ccc(-c2ccc(C(=O)N(CCC(=O)O)C(C)C)o2)cc1. The molecule has 0 saturated heterocycles. The van der Waals surface area contributed by atoms with Crippen LogP contribution in [0.15, 0.2) is 40.8 Å². The number of carboxylic acids is 1. The van der Waals surface area contributed by atoms with Crippen LogP contribution in [0.5, 0.6) is 0 Å². The van der Waals surface area contributed by atoms with Crippen LogP contribution in [0.1, 0.15) is 43.3 Å². The highest BCUT2D eigenvalue weighted by Gasteiger charge is 2.22. The molecule has 1 heterocycles. The van der Waals surface area contributed by atoms with Crippen molar-refractivity contribution in [3.63, 3.8) is 0 Å². The summed E-state index contributed by atoms with van der Waals surface area (Å²) >= 11 is 0. The molecule has 1 aromatic carbocycles. The van der Waals surface area contributed by atoms with Gasteiger partial charge in [0.15, 0.2) is 5.76 Å². The lowest BCUT2D eigenvalue weighted by Crippen LogP contribution is -2.38. The number of carbonyl (C=O) groups excluding carboxylic acids is 1. The summed E-state index contributed by atoms with van der Waals surface area (Å²) < 4.78 is 5.70. The molecule has 0 spiro atoms. The normalized spacial score (nSPS) is 10.8. The van der Waals surface area contributed by atoms with Crippen LogP contribution < -0.4 is 0 Å². The first kappa shape index (κ1) is 17.8. The summed E-state index contributed by atoms with van der Waals surface area (Å²) in [6.07, 6.45) is 0.880. The van der Waals surface area contributed by atoms with E-state index in [0.717, 1.165) is 12.0 Å². The molecule has 1 aromatic heterocycles. The number of hydrogen-bond acceptors (Lipinski definition) is 3. The first-order valence-corrected chi connectivity index (χ1v) is 8.14. The van der Waals surface area contributed by atoms with Crippen molar-refractivity contribution >= 4 is 11.9 Å². The Bertz CT molecular complexity index is 700. The van der Waals surface area contributed by atoms with Crippen molar-refractivity contribution in [2.45, 2.75) is 39.7 Å². The number of amides is 1. The van der Waals surface area contributed by atoms with Gasteiger partial charge in [-0.1, -0.05) is 31.2 Å². The van der Waals surface area contributed by atoms with Gasteiger partial charge < -0.3 is 14.4 Å². The second kappa shape index (κ2) is 7.81. The summed E-state index contributed by atoms with van der Waals surface area (Å²) in [5.74, 6) is -0.362. The molecule has 0 saturated carbocycles. The highest BCUT2D eigenvalue weighted by molar-refractivity contribution is 5.92. The Morgan fingerprint density at radius 1 is 1.12 bits per heavy atom. The number of carbonyl (C=O) groups is 2. The molecule has 0 fully saturated rings. The van der Waals surface area contributed by atoms with E-state index < -0.39 is 5.97 Å². The Morgan fingerprint density at radius 2 is 1.79 bits per heavy atom. The smallest absolute Gasteiger partial charge is 0.305 e.